The Balaban J connectivity index is 2.43. The second-order valence-corrected chi connectivity index (χ2v) is 5.46. The van der Waals surface area contributed by atoms with E-state index in [4.69, 9.17) is 5.73 Å². The van der Waals surface area contributed by atoms with Crippen LogP contribution in [-0.4, -0.2) is 23.4 Å². The van der Waals surface area contributed by atoms with Crippen LogP contribution in [0.15, 0.2) is 12.1 Å². The Morgan fingerprint density at radius 1 is 1.38 bits per heavy atom. The number of carboxylic acid groups (broad SMARTS) is 1. The number of Topliss-reactive ketones (excluding diaryl/α,β-unsaturated/α-hetero) is 1. The van der Waals surface area contributed by atoms with Crippen LogP contribution in [0.2, 0.25) is 0 Å². The number of nitrogens with two attached hydrogens (primary N) is 1. The van der Waals surface area contributed by atoms with Crippen molar-refractivity contribution in [2.24, 2.45) is 5.73 Å². The molecule has 1 aliphatic heterocycles. The molecule has 0 saturated heterocycles. The molecule has 5 heteroatoms. The molecular formula is C16H22N2O3. The number of rotatable bonds is 7. The number of hydrogen-bond acceptors (Lipinski definition) is 4. The van der Waals surface area contributed by atoms with Crippen LogP contribution in [0.3, 0.4) is 0 Å². The Morgan fingerprint density at radius 2 is 2.14 bits per heavy atom. The number of carbonyl (C=O) groups excluding carboxylic acids is 1. The number of carbonyl (C=O) groups is 2. The van der Waals surface area contributed by atoms with Gasteiger partial charge in [0.15, 0.2) is 0 Å². The van der Waals surface area contributed by atoms with E-state index < -0.39 is 5.97 Å². The van der Waals surface area contributed by atoms with Crippen LogP contribution in [0, 0.1) is 0 Å². The van der Waals surface area contributed by atoms with Crippen molar-refractivity contribution in [3.63, 3.8) is 0 Å². The van der Waals surface area contributed by atoms with Gasteiger partial charge in [-0.05, 0) is 42.1 Å². The fourth-order valence-corrected chi connectivity index (χ4v) is 2.94. The fourth-order valence-electron chi connectivity index (χ4n) is 2.94. The number of aromatic carboxylic acids is 1. The largest absolute Gasteiger partial charge is 0.478 e. The van der Waals surface area contributed by atoms with Crippen LogP contribution < -0.4 is 11.1 Å². The topological polar surface area (TPSA) is 92.4 Å². The van der Waals surface area contributed by atoms with E-state index in [9.17, 15) is 14.7 Å². The van der Waals surface area contributed by atoms with E-state index in [2.05, 4.69) is 5.32 Å². The normalized spacial score (nSPS) is 14.8. The average molecular weight is 290 g/mol. The van der Waals surface area contributed by atoms with E-state index in [0.717, 1.165) is 23.1 Å². The van der Waals surface area contributed by atoms with E-state index in [1.807, 2.05) is 13.0 Å². The van der Waals surface area contributed by atoms with Gasteiger partial charge in [0.1, 0.15) is 5.78 Å². The summed E-state index contributed by atoms with van der Waals surface area (Å²) >= 11 is 0. The minimum absolute atomic E-state index is 0.144. The van der Waals surface area contributed by atoms with E-state index in [0.29, 0.717) is 38.0 Å². The number of fused-ring (bicyclic) bond motifs is 1. The van der Waals surface area contributed by atoms with Crippen LogP contribution in [0.25, 0.3) is 0 Å². The van der Waals surface area contributed by atoms with Crippen molar-refractivity contribution in [1.82, 2.24) is 5.32 Å². The van der Waals surface area contributed by atoms with Gasteiger partial charge in [0.25, 0.3) is 0 Å². The van der Waals surface area contributed by atoms with Crippen LogP contribution in [0.1, 0.15) is 59.2 Å². The molecule has 1 atom stereocenters. The Hall–Kier alpha value is -1.72. The number of carboxylic acids is 1. The van der Waals surface area contributed by atoms with Gasteiger partial charge in [-0.1, -0.05) is 13.0 Å². The summed E-state index contributed by atoms with van der Waals surface area (Å²) in [5.74, 6) is -1.09. The third-order valence-corrected chi connectivity index (χ3v) is 3.96. The molecule has 1 aromatic rings. The lowest BCUT2D eigenvalue weighted by atomic mass is 9.86. The summed E-state index contributed by atoms with van der Waals surface area (Å²) in [6.45, 7) is 3.60. The lowest BCUT2D eigenvalue weighted by Crippen LogP contribution is -2.18. The minimum atomic E-state index is -0.939. The molecule has 1 unspecified atom stereocenters. The molecule has 1 aliphatic rings. The van der Waals surface area contributed by atoms with Gasteiger partial charge in [-0.25, -0.2) is 4.79 Å². The van der Waals surface area contributed by atoms with Crippen molar-refractivity contribution in [1.29, 1.82) is 0 Å². The van der Waals surface area contributed by atoms with Gasteiger partial charge in [-0.3, -0.25) is 4.79 Å². The SMILES string of the molecule is CCCC(=O)C(CCN)c1cc2c(c(C(=O)O)c1)CNC2. The van der Waals surface area contributed by atoms with Crippen LogP contribution in [0.4, 0.5) is 0 Å². The fraction of sp³-hybridized carbons (Fsp3) is 0.500. The lowest BCUT2D eigenvalue weighted by Gasteiger charge is -2.17. The predicted molar refractivity (Wildman–Crippen MR) is 80.3 cm³/mol. The van der Waals surface area contributed by atoms with Gasteiger partial charge in [-0.15, -0.1) is 0 Å². The Morgan fingerprint density at radius 3 is 2.76 bits per heavy atom. The summed E-state index contributed by atoms with van der Waals surface area (Å²) in [5.41, 5.74) is 8.54. The van der Waals surface area contributed by atoms with E-state index in [-0.39, 0.29) is 11.7 Å². The minimum Gasteiger partial charge on any atom is -0.478 e. The third kappa shape index (κ3) is 3.31. The molecule has 21 heavy (non-hydrogen) atoms. The zero-order valence-electron chi connectivity index (χ0n) is 12.3. The first kappa shape index (κ1) is 15.7. The first-order valence-corrected chi connectivity index (χ1v) is 7.41. The molecule has 1 heterocycles. The summed E-state index contributed by atoms with van der Waals surface area (Å²) < 4.78 is 0. The molecule has 0 amide bonds. The maximum atomic E-state index is 12.3. The molecule has 0 bridgehead atoms. The second kappa shape index (κ2) is 6.83. The third-order valence-electron chi connectivity index (χ3n) is 3.96. The molecule has 0 spiro atoms. The van der Waals surface area contributed by atoms with E-state index in [1.165, 1.54) is 0 Å². The average Bonchev–Trinajstić information content (AvgIpc) is 2.91. The zero-order valence-corrected chi connectivity index (χ0v) is 12.3. The molecule has 114 valence electrons. The van der Waals surface area contributed by atoms with Crippen molar-refractivity contribution in [3.05, 3.63) is 34.4 Å². The Kier molecular flexibility index (Phi) is 5.09. The molecule has 0 aliphatic carbocycles. The molecule has 0 aromatic heterocycles. The number of nitrogens with one attached hydrogen (secondary N) is 1. The summed E-state index contributed by atoms with van der Waals surface area (Å²) in [4.78, 5) is 23.7. The maximum absolute atomic E-state index is 12.3. The van der Waals surface area contributed by atoms with Gasteiger partial charge in [0.2, 0.25) is 0 Å². The monoisotopic (exact) mass is 290 g/mol. The quantitative estimate of drug-likeness (QED) is 0.712. The number of hydrogen-bond donors (Lipinski definition) is 3. The van der Waals surface area contributed by atoms with Gasteiger partial charge in [0.05, 0.1) is 5.56 Å². The summed E-state index contributed by atoms with van der Waals surface area (Å²) in [6, 6.07) is 3.62. The van der Waals surface area contributed by atoms with Crippen LogP contribution >= 0.6 is 0 Å². The molecule has 5 nitrogen and oxygen atoms in total. The molecule has 0 fully saturated rings. The van der Waals surface area contributed by atoms with Gasteiger partial charge < -0.3 is 16.2 Å². The first-order valence-electron chi connectivity index (χ1n) is 7.41. The molecule has 2 rings (SSSR count). The number of ketones is 1. The first-order chi connectivity index (χ1) is 10.1. The summed E-state index contributed by atoms with van der Waals surface area (Å²) in [6.07, 6.45) is 1.85. The molecule has 1 aromatic carbocycles. The van der Waals surface area contributed by atoms with Crippen LogP contribution in [-0.2, 0) is 17.9 Å². The number of benzene rings is 1. The maximum Gasteiger partial charge on any atom is 0.336 e. The van der Waals surface area contributed by atoms with Crippen molar-refractivity contribution in [3.8, 4) is 0 Å². The molecular weight excluding hydrogens is 268 g/mol. The second-order valence-electron chi connectivity index (χ2n) is 5.46. The highest BCUT2D eigenvalue weighted by Gasteiger charge is 2.25. The highest BCUT2D eigenvalue weighted by Crippen LogP contribution is 2.29. The van der Waals surface area contributed by atoms with Gasteiger partial charge in [-0.2, -0.15) is 0 Å². The smallest absolute Gasteiger partial charge is 0.336 e. The molecule has 4 N–H and O–H groups in total. The Bertz CT molecular complexity index is 555. The van der Waals surface area contributed by atoms with Crippen LogP contribution in [0.5, 0.6) is 0 Å². The Labute approximate surface area is 124 Å². The standard InChI is InChI=1S/C16H22N2O3/c1-2-3-15(19)12(4-5-17)10-6-11-8-18-9-14(11)13(7-10)16(20)21/h6-7,12,18H,2-5,8-9,17H2,1H3,(H,20,21). The zero-order chi connectivity index (χ0) is 15.4. The van der Waals surface area contributed by atoms with E-state index >= 15 is 0 Å². The molecule has 0 radical (unpaired) electrons. The van der Waals surface area contributed by atoms with Crippen molar-refractivity contribution in [2.75, 3.05) is 6.54 Å². The van der Waals surface area contributed by atoms with Crippen molar-refractivity contribution < 1.29 is 14.7 Å². The summed E-state index contributed by atoms with van der Waals surface area (Å²) in [5, 5.41) is 12.6. The molecule has 0 saturated carbocycles. The van der Waals surface area contributed by atoms with Crippen molar-refractivity contribution in [2.45, 2.75) is 45.2 Å². The predicted octanol–water partition coefficient (Wildman–Crippen LogP) is 1.79. The van der Waals surface area contributed by atoms with Gasteiger partial charge >= 0.3 is 5.97 Å². The lowest BCUT2D eigenvalue weighted by molar-refractivity contribution is -0.120. The van der Waals surface area contributed by atoms with E-state index in [1.54, 1.807) is 6.07 Å². The highest BCUT2D eigenvalue weighted by molar-refractivity contribution is 5.92. The summed E-state index contributed by atoms with van der Waals surface area (Å²) in [7, 11) is 0. The van der Waals surface area contributed by atoms with Crippen molar-refractivity contribution >= 4 is 11.8 Å². The highest BCUT2D eigenvalue weighted by atomic mass is 16.4. The van der Waals surface area contributed by atoms with Gasteiger partial charge in [0, 0.05) is 25.4 Å².